The summed E-state index contributed by atoms with van der Waals surface area (Å²) in [7, 11) is 0. The molecule has 0 amide bonds. The Hall–Kier alpha value is -1.93. The molecule has 1 rings (SSSR count). The van der Waals surface area contributed by atoms with E-state index in [1.807, 2.05) is 0 Å². The highest BCUT2D eigenvalue weighted by Crippen LogP contribution is 1.94. The second kappa shape index (κ2) is 4.82. The molecule has 1 aromatic heterocycles. The van der Waals surface area contributed by atoms with Gasteiger partial charge in [0, 0.05) is 6.20 Å². The van der Waals surface area contributed by atoms with Crippen LogP contribution in [-0.4, -0.2) is 16.4 Å². The van der Waals surface area contributed by atoms with Crippen molar-refractivity contribution in [2.45, 2.75) is 0 Å². The number of nitrogens with zero attached hydrogens (tertiary/aromatic N) is 2. The summed E-state index contributed by atoms with van der Waals surface area (Å²) in [6.45, 7) is 0. The quantitative estimate of drug-likeness (QED) is 0.429. The van der Waals surface area contributed by atoms with Gasteiger partial charge in [-0.3, -0.25) is 0 Å². The molecule has 0 bridgehead atoms. The number of esters is 1. The zero-order valence-electron chi connectivity index (χ0n) is 6.02. The van der Waals surface area contributed by atoms with Crippen LogP contribution >= 0.6 is 0 Å². The number of nitriles is 1. The van der Waals surface area contributed by atoms with E-state index in [-0.39, 0.29) is 11.2 Å². The lowest BCUT2D eigenvalue weighted by molar-refractivity contribution is 0.0679. The van der Waals surface area contributed by atoms with Crippen LogP contribution in [0.5, 0.6) is 0 Å². The van der Waals surface area contributed by atoms with E-state index in [2.05, 4.69) is 9.72 Å². The minimum atomic E-state index is -0.729. The van der Waals surface area contributed by atoms with Gasteiger partial charge in [0.2, 0.25) is 0 Å². The van der Waals surface area contributed by atoms with Crippen molar-refractivity contribution in [3.8, 4) is 6.26 Å². The fourth-order valence-corrected chi connectivity index (χ4v) is 0.577. The van der Waals surface area contributed by atoms with Gasteiger partial charge in [0.1, 0.15) is 5.69 Å². The van der Waals surface area contributed by atoms with Crippen LogP contribution < -0.4 is 0 Å². The van der Waals surface area contributed by atoms with Crippen LogP contribution in [0.3, 0.4) is 0 Å². The number of hydrogen-bond donors (Lipinski definition) is 0. The molecule has 0 radical (unpaired) electrons. The zero-order chi connectivity index (χ0) is 8.10. The normalized spacial score (nSPS) is 7.58. The van der Waals surface area contributed by atoms with Crippen molar-refractivity contribution in [1.82, 2.24) is 4.98 Å². The minimum Gasteiger partial charge on any atom is -0.412 e. The van der Waals surface area contributed by atoms with E-state index < -0.39 is 5.97 Å². The molecule has 2 N–H and O–H groups in total. The summed E-state index contributed by atoms with van der Waals surface area (Å²) in [5.74, 6) is -0.729. The molecule has 0 aliphatic carbocycles. The van der Waals surface area contributed by atoms with Gasteiger partial charge >= 0.3 is 5.97 Å². The number of aromatic nitrogens is 1. The van der Waals surface area contributed by atoms with Crippen molar-refractivity contribution in [1.29, 1.82) is 5.26 Å². The van der Waals surface area contributed by atoms with Crippen molar-refractivity contribution in [3.05, 3.63) is 30.1 Å². The van der Waals surface area contributed by atoms with E-state index >= 15 is 0 Å². The van der Waals surface area contributed by atoms with Crippen LogP contribution in [0.4, 0.5) is 0 Å². The molecular weight excluding hydrogens is 160 g/mol. The lowest BCUT2D eigenvalue weighted by atomic mass is 10.4. The molecule has 0 atom stereocenters. The van der Waals surface area contributed by atoms with E-state index in [1.54, 1.807) is 12.1 Å². The lowest BCUT2D eigenvalue weighted by Gasteiger charge is -1.91. The van der Waals surface area contributed by atoms with Crippen molar-refractivity contribution >= 4 is 5.97 Å². The first-order valence-corrected chi connectivity index (χ1v) is 2.86. The van der Waals surface area contributed by atoms with E-state index in [0.29, 0.717) is 0 Å². The smallest absolute Gasteiger partial charge is 0.372 e. The number of carbonyl (C=O) groups excluding carboxylic acids is 1. The standard InChI is InChI=1S/C7H4N2O2.H2O/c8-5-11-7(10)6-3-1-2-4-9-6;/h1-4H;1H2. The minimum absolute atomic E-state index is 0. The Bertz CT molecular complexity index is 291. The van der Waals surface area contributed by atoms with Crippen LogP contribution in [-0.2, 0) is 4.74 Å². The van der Waals surface area contributed by atoms with Gasteiger partial charge in [-0.1, -0.05) is 6.07 Å². The van der Waals surface area contributed by atoms with Gasteiger partial charge in [-0.05, 0) is 12.1 Å². The van der Waals surface area contributed by atoms with Crippen molar-refractivity contribution < 1.29 is 15.0 Å². The number of ether oxygens (including phenoxy) is 1. The highest BCUT2D eigenvalue weighted by Gasteiger charge is 2.05. The number of hydrogen-bond acceptors (Lipinski definition) is 4. The lowest BCUT2D eigenvalue weighted by Crippen LogP contribution is -2.02. The van der Waals surface area contributed by atoms with Crippen molar-refractivity contribution in [2.75, 3.05) is 0 Å². The average molecular weight is 166 g/mol. The molecule has 5 nitrogen and oxygen atoms in total. The molecule has 1 heterocycles. The predicted octanol–water partition coefficient (Wildman–Crippen LogP) is -0.105. The summed E-state index contributed by atoms with van der Waals surface area (Å²) in [5.41, 5.74) is 0.133. The molecule has 0 aliphatic rings. The summed E-state index contributed by atoms with van der Waals surface area (Å²) in [6, 6.07) is 4.78. The van der Waals surface area contributed by atoms with Gasteiger partial charge in [0.25, 0.3) is 6.26 Å². The molecule has 12 heavy (non-hydrogen) atoms. The van der Waals surface area contributed by atoms with E-state index in [0.717, 1.165) is 0 Å². The largest absolute Gasteiger partial charge is 0.412 e. The summed E-state index contributed by atoms with van der Waals surface area (Å²) in [4.78, 5) is 14.4. The third-order valence-electron chi connectivity index (χ3n) is 1.01. The molecule has 0 unspecified atom stereocenters. The molecule has 0 saturated carbocycles. The van der Waals surface area contributed by atoms with Crippen LogP contribution in [0, 0.1) is 11.5 Å². The van der Waals surface area contributed by atoms with Gasteiger partial charge in [-0.2, -0.15) is 0 Å². The van der Waals surface area contributed by atoms with E-state index in [4.69, 9.17) is 5.26 Å². The number of pyridine rings is 1. The molecule has 62 valence electrons. The Labute approximate surface area is 68.5 Å². The molecular formula is C7H6N2O3. The summed E-state index contributed by atoms with van der Waals surface area (Å²) in [6.07, 6.45) is 2.73. The predicted molar refractivity (Wildman–Crippen MR) is 38.9 cm³/mol. The van der Waals surface area contributed by atoms with Gasteiger partial charge in [-0.15, -0.1) is 5.26 Å². The number of carbonyl (C=O) groups is 1. The first kappa shape index (κ1) is 10.1. The highest BCUT2D eigenvalue weighted by atomic mass is 16.5. The molecule has 0 saturated heterocycles. The van der Waals surface area contributed by atoms with Gasteiger partial charge in [0.15, 0.2) is 0 Å². The Morgan fingerprint density at radius 3 is 2.83 bits per heavy atom. The Morgan fingerprint density at radius 2 is 2.33 bits per heavy atom. The summed E-state index contributed by atoms with van der Waals surface area (Å²) >= 11 is 0. The first-order valence-electron chi connectivity index (χ1n) is 2.86. The summed E-state index contributed by atoms with van der Waals surface area (Å²) < 4.78 is 4.03. The van der Waals surface area contributed by atoms with Crippen LogP contribution in [0.1, 0.15) is 10.5 Å². The Kier molecular flexibility index (Phi) is 4.04. The Balaban J connectivity index is 0.00000121. The van der Waals surface area contributed by atoms with Crippen LogP contribution in [0.25, 0.3) is 0 Å². The van der Waals surface area contributed by atoms with Gasteiger partial charge in [0.05, 0.1) is 0 Å². The SMILES string of the molecule is N#COC(=O)c1ccccn1.O. The summed E-state index contributed by atoms with van der Waals surface area (Å²) in [5, 5.41) is 7.98. The molecule has 0 aliphatic heterocycles. The van der Waals surface area contributed by atoms with E-state index in [1.165, 1.54) is 18.5 Å². The van der Waals surface area contributed by atoms with Crippen molar-refractivity contribution in [3.63, 3.8) is 0 Å². The molecule has 0 aromatic carbocycles. The molecule has 0 spiro atoms. The highest BCUT2D eigenvalue weighted by molar-refractivity contribution is 5.87. The van der Waals surface area contributed by atoms with Crippen LogP contribution in [0.15, 0.2) is 24.4 Å². The monoisotopic (exact) mass is 166 g/mol. The fourth-order valence-electron chi connectivity index (χ4n) is 0.577. The third-order valence-corrected chi connectivity index (χ3v) is 1.01. The maximum Gasteiger partial charge on any atom is 0.372 e. The maximum absolute atomic E-state index is 10.7. The third kappa shape index (κ3) is 2.36. The fraction of sp³-hybridized carbons (Fsp3) is 0. The van der Waals surface area contributed by atoms with Gasteiger partial charge < -0.3 is 10.2 Å². The Morgan fingerprint density at radius 1 is 1.58 bits per heavy atom. The molecule has 0 fully saturated rings. The maximum atomic E-state index is 10.7. The number of rotatable bonds is 1. The van der Waals surface area contributed by atoms with Gasteiger partial charge in [-0.25, -0.2) is 9.78 Å². The average Bonchev–Trinajstić information content (AvgIpc) is 2.07. The molecule has 1 aromatic rings. The van der Waals surface area contributed by atoms with Crippen LogP contribution in [0.2, 0.25) is 0 Å². The first-order chi connectivity index (χ1) is 5.34. The topological polar surface area (TPSA) is 94.5 Å². The second-order valence-corrected chi connectivity index (χ2v) is 1.70. The van der Waals surface area contributed by atoms with Crippen molar-refractivity contribution in [2.24, 2.45) is 0 Å². The second-order valence-electron chi connectivity index (χ2n) is 1.70. The van der Waals surface area contributed by atoms with E-state index in [9.17, 15) is 4.79 Å². The zero-order valence-corrected chi connectivity index (χ0v) is 6.02. The molecule has 5 heteroatoms.